The summed E-state index contributed by atoms with van der Waals surface area (Å²) in [4.78, 5) is 30.4. The van der Waals surface area contributed by atoms with Crippen LogP contribution in [-0.2, 0) is 9.59 Å². The van der Waals surface area contributed by atoms with Crippen molar-refractivity contribution in [2.45, 2.75) is 40.7 Å². The van der Waals surface area contributed by atoms with Gasteiger partial charge in [0.2, 0.25) is 5.91 Å². The summed E-state index contributed by atoms with van der Waals surface area (Å²) in [5.74, 6) is 0.870. The lowest BCUT2D eigenvalue weighted by Gasteiger charge is -2.40. The van der Waals surface area contributed by atoms with Crippen molar-refractivity contribution < 1.29 is 14.0 Å². The lowest BCUT2D eigenvalue weighted by Crippen LogP contribution is -2.56. The first-order valence-electron chi connectivity index (χ1n) is 10.1. The van der Waals surface area contributed by atoms with E-state index in [9.17, 15) is 9.59 Å². The maximum Gasteiger partial charge on any atom is 0.258 e. The van der Waals surface area contributed by atoms with Crippen molar-refractivity contribution in [1.82, 2.24) is 0 Å². The van der Waals surface area contributed by atoms with Gasteiger partial charge >= 0.3 is 0 Å². The SMILES string of the molecule is Cc1ccc(N2C(=O)CN(c3cccc(C)c3C)C(=O)C2c2ccc(C)o2)c(C)c1. The van der Waals surface area contributed by atoms with Gasteiger partial charge in [-0.2, -0.15) is 0 Å². The van der Waals surface area contributed by atoms with Crippen LogP contribution in [0.3, 0.4) is 0 Å². The van der Waals surface area contributed by atoms with E-state index in [0.29, 0.717) is 11.5 Å². The Hall–Kier alpha value is -3.34. The lowest BCUT2D eigenvalue weighted by molar-refractivity contribution is -0.129. The van der Waals surface area contributed by atoms with Gasteiger partial charge in [0.1, 0.15) is 18.1 Å². The Balaban J connectivity index is 1.86. The standard InChI is InChI=1S/C25H26N2O3/c1-15-9-11-20(17(3)13-15)27-23(28)14-26(21-8-6-7-16(2)19(21)5)25(29)24(27)22-12-10-18(4)30-22/h6-13,24H,14H2,1-5H3. The van der Waals surface area contributed by atoms with Crippen LogP contribution in [-0.4, -0.2) is 18.4 Å². The first-order valence-corrected chi connectivity index (χ1v) is 10.1. The molecule has 1 aromatic heterocycles. The number of furan rings is 1. The molecule has 5 heteroatoms. The van der Waals surface area contributed by atoms with Crippen molar-refractivity contribution in [2.24, 2.45) is 0 Å². The first-order chi connectivity index (χ1) is 14.3. The van der Waals surface area contributed by atoms with Crippen molar-refractivity contribution in [1.29, 1.82) is 0 Å². The molecule has 2 amide bonds. The summed E-state index contributed by atoms with van der Waals surface area (Å²) >= 11 is 0. The van der Waals surface area contributed by atoms with Crippen molar-refractivity contribution in [2.75, 3.05) is 16.3 Å². The van der Waals surface area contributed by atoms with Crippen molar-refractivity contribution in [3.63, 3.8) is 0 Å². The van der Waals surface area contributed by atoms with Crippen LogP contribution in [0.15, 0.2) is 52.9 Å². The zero-order chi connectivity index (χ0) is 21.6. The molecule has 4 rings (SSSR count). The van der Waals surface area contributed by atoms with Crippen LogP contribution in [0.5, 0.6) is 0 Å². The van der Waals surface area contributed by atoms with Crippen LogP contribution in [0.1, 0.15) is 39.8 Å². The Morgan fingerprint density at radius 2 is 1.63 bits per heavy atom. The minimum Gasteiger partial charge on any atom is -0.464 e. The number of amides is 2. The van der Waals surface area contributed by atoms with Crippen molar-refractivity contribution >= 4 is 23.2 Å². The number of hydrogen-bond donors (Lipinski definition) is 0. The van der Waals surface area contributed by atoms with E-state index in [4.69, 9.17) is 4.42 Å². The second-order valence-electron chi connectivity index (χ2n) is 8.05. The molecular formula is C25H26N2O3. The molecule has 154 valence electrons. The smallest absolute Gasteiger partial charge is 0.258 e. The molecule has 1 aliphatic heterocycles. The highest BCUT2D eigenvalue weighted by Crippen LogP contribution is 2.37. The fraction of sp³-hybridized carbons (Fsp3) is 0.280. The topological polar surface area (TPSA) is 53.8 Å². The molecule has 5 nitrogen and oxygen atoms in total. The third-order valence-electron chi connectivity index (χ3n) is 5.83. The van der Waals surface area contributed by atoms with Gasteiger partial charge in [0.25, 0.3) is 5.91 Å². The van der Waals surface area contributed by atoms with Crippen LogP contribution in [0, 0.1) is 34.6 Å². The highest BCUT2D eigenvalue weighted by Gasteiger charge is 2.44. The molecule has 3 aromatic rings. The fourth-order valence-electron chi connectivity index (χ4n) is 4.12. The highest BCUT2D eigenvalue weighted by atomic mass is 16.3. The number of hydrogen-bond acceptors (Lipinski definition) is 3. The molecule has 1 unspecified atom stereocenters. The van der Waals surface area contributed by atoms with Crippen LogP contribution in [0.25, 0.3) is 0 Å². The van der Waals surface area contributed by atoms with Gasteiger partial charge in [-0.3, -0.25) is 14.5 Å². The van der Waals surface area contributed by atoms with Crippen LogP contribution in [0.4, 0.5) is 11.4 Å². The summed E-state index contributed by atoms with van der Waals surface area (Å²) in [7, 11) is 0. The average Bonchev–Trinajstić information content (AvgIpc) is 3.12. The Morgan fingerprint density at radius 3 is 2.30 bits per heavy atom. The maximum atomic E-state index is 13.8. The van der Waals surface area contributed by atoms with E-state index in [0.717, 1.165) is 33.6 Å². The summed E-state index contributed by atoms with van der Waals surface area (Å²) in [5.41, 5.74) is 5.63. The van der Waals surface area contributed by atoms with Gasteiger partial charge in [0.05, 0.1) is 0 Å². The van der Waals surface area contributed by atoms with E-state index < -0.39 is 6.04 Å². The molecule has 1 aliphatic rings. The molecule has 0 radical (unpaired) electrons. The monoisotopic (exact) mass is 402 g/mol. The number of carbonyl (C=O) groups excluding carboxylic acids is 2. The molecule has 0 bridgehead atoms. The fourth-order valence-corrected chi connectivity index (χ4v) is 4.12. The number of benzene rings is 2. The third-order valence-corrected chi connectivity index (χ3v) is 5.83. The predicted octanol–water partition coefficient (Wildman–Crippen LogP) is 4.94. The second kappa shape index (κ2) is 7.48. The van der Waals surface area contributed by atoms with Crippen LogP contribution in [0.2, 0.25) is 0 Å². The molecule has 1 fully saturated rings. The van der Waals surface area contributed by atoms with E-state index in [1.807, 2.05) is 77.1 Å². The van der Waals surface area contributed by atoms with E-state index in [1.165, 1.54) is 0 Å². The zero-order valence-corrected chi connectivity index (χ0v) is 18.0. The summed E-state index contributed by atoms with van der Waals surface area (Å²) in [6.45, 7) is 9.78. The highest BCUT2D eigenvalue weighted by molar-refractivity contribution is 6.14. The van der Waals surface area contributed by atoms with Crippen molar-refractivity contribution in [3.8, 4) is 0 Å². The largest absolute Gasteiger partial charge is 0.464 e. The number of carbonyl (C=O) groups is 2. The summed E-state index contributed by atoms with van der Waals surface area (Å²) in [5, 5.41) is 0. The lowest BCUT2D eigenvalue weighted by atomic mass is 10.0. The number of aryl methyl sites for hydroxylation is 4. The van der Waals surface area contributed by atoms with Gasteiger partial charge in [-0.25, -0.2) is 0 Å². The normalized spacial score (nSPS) is 17.0. The summed E-state index contributed by atoms with van der Waals surface area (Å²) < 4.78 is 5.85. The molecule has 1 saturated heterocycles. The van der Waals surface area contributed by atoms with Crippen molar-refractivity contribution in [3.05, 3.63) is 82.3 Å². The average molecular weight is 402 g/mol. The van der Waals surface area contributed by atoms with Crippen LogP contribution >= 0.6 is 0 Å². The first kappa shape index (κ1) is 20.0. The summed E-state index contributed by atoms with van der Waals surface area (Å²) in [6, 6.07) is 14.5. The Morgan fingerprint density at radius 1 is 0.867 bits per heavy atom. The molecule has 30 heavy (non-hydrogen) atoms. The number of anilines is 2. The minimum atomic E-state index is -0.846. The summed E-state index contributed by atoms with van der Waals surface area (Å²) in [6.07, 6.45) is 0. The molecule has 0 N–H and O–H groups in total. The van der Waals surface area contributed by atoms with E-state index in [1.54, 1.807) is 15.9 Å². The molecule has 0 aliphatic carbocycles. The van der Waals surface area contributed by atoms with Gasteiger partial charge in [-0.1, -0.05) is 29.8 Å². The zero-order valence-electron chi connectivity index (χ0n) is 18.0. The van der Waals surface area contributed by atoms with Gasteiger partial charge in [0, 0.05) is 11.4 Å². The van der Waals surface area contributed by atoms with E-state index >= 15 is 0 Å². The van der Waals surface area contributed by atoms with E-state index in [2.05, 4.69) is 0 Å². The molecule has 2 aromatic carbocycles. The molecular weight excluding hydrogens is 376 g/mol. The molecule has 2 heterocycles. The molecule has 0 spiro atoms. The Bertz CT molecular complexity index is 1150. The predicted molar refractivity (Wildman–Crippen MR) is 118 cm³/mol. The third kappa shape index (κ3) is 3.30. The van der Waals surface area contributed by atoms with Gasteiger partial charge in [0.15, 0.2) is 6.04 Å². The second-order valence-corrected chi connectivity index (χ2v) is 8.05. The number of piperazine rings is 1. The van der Waals surface area contributed by atoms with Gasteiger partial charge in [-0.15, -0.1) is 0 Å². The van der Waals surface area contributed by atoms with Gasteiger partial charge in [-0.05, 0) is 75.6 Å². The molecule has 1 atom stereocenters. The van der Waals surface area contributed by atoms with Gasteiger partial charge < -0.3 is 9.32 Å². The molecule has 0 saturated carbocycles. The Kier molecular flexibility index (Phi) is 4.98. The minimum absolute atomic E-state index is 0.00731. The van der Waals surface area contributed by atoms with Crippen LogP contribution < -0.4 is 9.80 Å². The Labute approximate surface area is 176 Å². The van der Waals surface area contributed by atoms with E-state index in [-0.39, 0.29) is 18.4 Å². The maximum absolute atomic E-state index is 13.8. The quantitative estimate of drug-likeness (QED) is 0.623. The number of nitrogens with zero attached hydrogens (tertiary/aromatic N) is 2. The number of rotatable bonds is 3.